The highest BCUT2D eigenvalue weighted by Crippen LogP contribution is 2.23. The molecule has 86 valence electrons. The maximum atomic E-state index is 12.2. The highest BCUT2D eigenvalue weighted by atomic mass is 16.1. The van der Waals surface area contributed by atoms with Gasteiger partial charge >= 0.3 is 0 Å². The van der Waals surface area contributed by atoms with Crippen LogP contribution in [0, 0.1) is 5.41 Å². The van der Waals surface area contributed by atoms with Crippen LogP contribution in [0.1, 0.15) is 54.8 Å². The molecule has 1 rings (SSSR count). The summed E-state index contributed by atoms with van der Waals surface area (Å²) in [4.78, 5) is 23.9. The molecule has 16 heavy (non-hydrogen) atoms. The minimum Gasteiger partial charge on any atom is -0.294 e. The summed E-state index contributed by atoms with van der Waals surface area (Å²) < 4.78 is 0. The van der Waals surface area contributed by atoms with Crippen molar-refractivity contribution < 1.29 is 9.59 Å². The number of carbonyl (C=O) groups excluding carboxylic acids is 2. The van der Waals surface area contributed by atoms with Gasteiger partial charge in [-0.25, -0.2) is 0 Å². The molecule has 1 aromatic rings. The van der Waals surface area contributed by atoms with Crippen LogP contribution in [0.25, 0.3) is 0 Å². The summed E-state index contributed by atoms with van der Waals surface area (Å²) in [6.07, 6.45) is 0.425. The van der Waals surface area contributed by atoms with Gasteiger partial charge in [0.05, 0.1) is 0 Å². The molecule has 2 heteroatoms. The Kier molecular flexibility index (Phi) is 3.63. The molecular weight excluding hydrogens is 200 g/mol. The lowest BCUT2D eigenvalue weighted by Gasteiger charge is -2.18. The maximum absolute atomic E-state index is 12.2. The molecule has 0 saturated heterocycles. The van der Waals surface area contributed by atoms with Crippen molar-refractivity contribution >= 4 is 11.6 Å². The van der Waals surface area contributed by atoms with Crippen LogP contribution in [-0.4, -0.2) is 11.6 Å². The third-order valence-corrected chi connectivity index (χ3v) is 2.47. The second-order valence-electron chi connectivity index (χ2n) is 4.90. The van der Waals surface area contributed by atoms with Gasteiger partial charge in [0.25, 0.3) is 0 Å². The molecule has 0 saturated carbocycles. The fourth-order valence-electron chi connectivity index (χ4n) is 1.52. The third kappa shape index (κ3) is 2.57. The number of ketones is 2. The maximum Gasteiger partial charge on any atom is 0.168 e. The fraction of sp³-hybridized carbons (Fsp3) is 0.429. The average Bonchev–Trinajstić information content (AvgIpc) is 2.25. The number of hydrogen-bond donors (Lipinski definition) is 0. The van der Waals surface area contributed by atoms with E-state index in [4.69, 9.17) is 0 Å². The first-order valence-corrected chi connectivity index (χ1v) is 5.55. The van der Waals surface area contributed by atoms with Gasteiger partial charge in [0, 0.05) is 23.0 Å². The van der Waals surface area contributed by atoms with Gasteiger partial charge in [-0.1, -0.05) is 52.0 Å². The van der Waals surface area contributed by atoms with E-state index in [0.717, 1.165) is 0 Å². The summed E-state index contributed by atoms with van der Waals surface area (Å²) in [5.74, 6) is 0.0399. The molecule has 0 fully saturated rings. The molecule has 0 atom stereocenters. The van der Waals surface area contributed by atoms with Crippen LogP contribution in [-0.2, 0) is 0 Å². The topological polar surface area (TPSA) is 34.1 Å². The van der Waals surface area contributed by atoms with Gasteiger partial charge in [0.15, 0.2) is 11.6 Å². The normalized spacial score (nSPS) is 11.2. The number of carbonyl (C=O) groups is 2. The lowest BCUT2D eigenvalue weighted by Crippen LogP contribution is -2.22. The van der Waals surface area contributed by atoms with Gasteiger partial charge in [0.1, 0.15) is 0 Å². The third-order valence-electron chi connectivity index (χ3n) is 2.47. The van der Waals surface area contributed by atoms with Crippen molar-refractivity contribution in [2.45, 2.75) is 34.1 Å². The molecule has 0 unspecified atom stereocenters. The van der Waals surface area contributed by atoms with Crippen molar-refractivity contribution in [2.24, 2.45) is 5.41 Å². The van der Waals surface area contributed by atoms with Crippen LogP contribution in [0.5, 0.6) is 0 Å². The Hall–Kier alpha value is -1.44. The molecule has 0 heterocycles. The van der Waals surface area contributed by atoms with Crippen LogP contribution in [0.4, 0.5) is 0 Å². The smallest absolute Gasteiger partial charge is 0.168 e. The Balaban J connectivity index is 3.24. The van der Waals surface area contributed by atoms with Gasteiger partial charge in [-0.15, -0.1) is 0 Å². The molecule has 0 bridgehead atoms. The standard InChI is InChI=1S/C14H18O2/c1-5-12(15)10-8-6-7-9-11(10)13(16)14(2,3)4/h6-9H,5H2,1-4H3. The molecule has 0 aliphatic heterocycles. The average molecular weight is 218 g/mol. The Labute approximate surface area is 96.7 Å². The second-order valence-corrected chi connectivity index (χ2v) is 4.90. The van der Waals surface area contributed by atoms with E-state index in [1.54, 1.807) is 31.2 Å². The molecule has 0 aromatic heterocycles. The largest absolute Gasteiger partial charge is 0.294 e. The van der Waals surface area contributed by atoms with Crippen LogP contribution < -0.4 is 0 Å². The lowest BCUT2D eigenvalue weighted by molar-refractivity contribution is 0.0850. The molecule has 0 aliphatic rings. The van der Waals surface area contributed by atoms with Crippen LogP contribution >= 0.6 is 0 Å². The molecule has 0 radical (unpaired) electrons. The van der Waals surface area contributed by atoms with Gasteiger partial charge < -0.3 is 0 Å². The van der Waals surface area contributed by atoms with Crippen molar-refractivity contribution in [3.63, 3.8) is 0 Å². The first-order chi connectivity index (χ1) is 7.38. The van der Waals surface area contributed by atoms with Gasteiger partial charge in [0.2, 0.25) is 0 Å². The molecule has 2 nitrogen and oxygen atoms in total. The zero-order chi connectivity index (χ0) is 12.3. The van der Waals surface area contributed by atoms with Gasteiger partial charge in [-0.2, -0.15) is 0 Å². The van der Waals surface area contributed by atoms with E-state index >= 15 is 0 Å². The second kappa shape index (κ2) is 4.60. The predicted octanol–water partition coefficient (Wildman–Crippen LogP) is 3.51. The van der Waals surface area contributed by atoms with Crippen LogP contribution in [0.3, 0.4) is 0 Å². The fourth-order valence-corrected chi connectivity index (χ4v) is 1.52. The summed E-state index contributed by atoms with van der Waals surface area (Å²) in [7, 11) is 0. The first kappa shape index (κ1) is 12.6. The Morgan fingerprint density at radius 2 is 1.56 bits per heavy atom. The quantitative estimate of drug-likeness (QED) is 0.727. The molecule has 0 aliphatic carbocycles. The molecule has 0 amide bonds. The van der Waals surface area contributed by atoms with E-state index in [1.807, 2.05) is 20.8 Å². The monoisotopic (exact) mass is 218 g/mol. The summed E-state index contributed by atoms with van der Waals surface area (Å²) in [6.45, 7) is 7.40. The van der Waals surface area contributed by atoms with Crippen molar-refractivity contribution in [3.05, 3.63) is 35.4 Å². The number of hydrogen-bond acceptors (Lipinski definition) is 2. The molecular formula is C14H18O2. The van der Waals surface area contributed by atoms with E-state index in [0.29, 0.717) is 17.5 Å². The first-order valence-electron chi connectivity index (χ1n) is 5.55. The summed E-state index contributed by atoms with van der Waals surface area (Å²) in [6, 6.07) is 7.05. The Morgan fingerprint density at radius 1 is 1.06 bits per heavy atom. The van der Waals surface area contributed by atoms with Gasteiger partial charge in [-0.3, -0.25) is 9.59 Å². The number of Topliss-reactive ketones (excluding diaryl/α,β-unsaturated/α-hetero) is 2. The van der Waals surface area contributed by atoms with E-state index < -0.39 is 5.41 Å². The minimum absolute atomic E-state index is 0.0184. The highest BCUT2D eigenvalue weighted by molar-refractivity contribution is 6.10. The Morgan fingerprint density at radius 3 is 2.00 bits per heavy atom. The van der Waals surface area contributed by atoms with Crippen LogP contribution in [0.15, 0.2) is 24.3 Å². The van der Waals surface area contributed by atoms with Crippen molar-refractivity contribution in [1.29, 1.82) is 0 Å². The molecule has 0 spiro atoms. The Bertz CT molecular complexity index is 411. The lowest BCUT2D eigenvalue weighted by atomic mass is 9.84. The van der Waals surface area contributed by atoms with E-state index in [9.17, 15) is 9.59 Å². The SMILES string of the molecule is CCC(=O)c1ccccc1C(=O)C(C)(C)C. The number of rotatable bonds is 3. The zero-order valence-corrected chi connectivity index (χ0v) is 10.3. The van der Waals surface area contributed by atoms with Crippen molar-refractivity contribution in [1.82, 2.24) is 0 Å². The highest BCUT2D eigenvalue weighted by Gasteiger charge is 2.26. The van der Waals surface area contributed by atoms with Crippen molar-refractivity contribution in [2.75, 3.05) is 0 Å². The van der Waals surface area contributed by atoms with E-state index in [1.165, 1.54) is 0 Å². The summed E-state index contributed by atoms with van der Waals surface area (Å²) in [5, 5.41) is 0. The van der Waals surface area contributed by atoms with E-state index in [2.05, 4.69) is 0 Å². The van der Waals surface area contributed by atoms with Crippen molar-refractivity contribution in [3.8, 4) is 0 Å². The summed E-state index contributed by atoms with van der Waals surface area (Å²) >= 11 is 0. The van der Waals surface area contributed by atoms with Crippen LogP contribution in [0.2, 0.25) is 0 Å². The molecule has 0 N–H and O–H groups in total. The van der Waals surface area contributed by atoms with Gasteiger partial charge in [-0.05, 0) is 0 Å². The minimum atomic E-state index is -0.454. The van der Waals surface area contributed by atoms with E-state index in [-0.39, 0.29) is 11.6 Å². The number of benzene rings is 1. The predicted molar refractivity (Wildman–Crippen MR) is 64.8 cm³/mol. The molecule has 1 aromatic carbocycles. The summed E-state index contributed by atoms with van der Waals surface area (Å²) in [5.41, 5.74) is 0.635. The zero-order valence-electron chi connectivity index (χ0n) is 10.3.